The number of carboxylic acids is 1. The second-order valence-electron chi connectivity index (χ2n) is 6.20. The van der Waals surface area contributed by atoms with Crippen LogP contribution in [0.5, 0.6) is 0 Å². The maximum Gasteiger partial charge on any atom is 0.320 e. The first-order chi connectivity index (χ1) is 12.8. The minimum atomic E-state index is -1.24. The molecule has 4 N–H and O–H groups in total. The third-order valence-corrected chi connectivity index (χ3v) is 4.60. The van der Waals surface area contributed by atoms with Crippen molar-refractivity contribution < 1.29 is 19.1 Å². The van der Waals surface area contributed by atoms with E-state index in [1.165, 1.54) is 6.07 Å². The molecule has 0 fully saturated rings. The average molecular weight is 390 g/mol. The van der Waals surface area contributed by atoms with Crippen LogP contribution in [0.1, 0.15) is 15.9 Å². The standard InChI is InChI=1S/C19H17ClFN3O3/c1-24-9-12(11-4-2-3-5-17(11)24)18(25)23-16-8-14(21)10(6-13(16)20)7-15(22)19(26)27/h2-6,8-9,15H,7,22H2,1H3,(H,23,25)(H,26,27)/t15-/m0/s1. The highest BCUT2D eigenvalue weighted by molar-refractivity contribution is 6.34. The van der Waals surface area contributed by atoms with Crippen LogP contribution in [0.2, 0.25) is 5.02 Å². The molecule has 0 aliphatic heterocycles. The van der Waals surface area contributed by atoms with Crippen molar-refractivity contribution in [3.8, 4) is 0 Å². The number of fused-ring (bicyclic) bond motifs is 1. The number of hydrogen-bond donors (Lipinski definition) is 3. The number of anilines is 1. The number of aliphatic carboxylic acids is 1. The Bertz CT molecular complexity index is 1050. The van der Waals surface area contributed by atoms with Crippen molar-refractivity contribution in [2.45, 2.75) is 12.5 Å². The van der Waals surface area contributed by atoms with Crippen LogP contribution in [0.15, 0.2) is 42.6 Å². The Kier molecular flexibility index (Phi) is 5.16. The number of amides is 1. The predicted molar refractivity (Wildman–Crippen MR) is 102 cm³/mol. The molecule has 27 heavy (non-hydrogen) atoms. The summed E-state index contributed by atoms with van der Waals surface area (Å²) in [7, 11) is 1.83. The molecule has 0 aliphatic rings. The Labute approximate surface area is 159 Å². The number of aryl methyl sites for hydroxylation is 1. The number of para-hydroxylation sites is 1. The van der Waals surface area contributed by atoms with Gasteiger partial charge in [0.15, 0.2) is 0 Å². The van der Waals surface area contributed by atoms with Crippen LogP contribution in [0.4, 0.5) is 10.1 Å². The summed E-state index contributed by atoms with van der Waals surface area (Å²) in [6.45, 7) is 0. The normalized spacial score (nSPS) is 12.1. The van der Waals surface area contributed by atoms with Crippen molar-refractivity contribution in [1.82, 2.24) is 4.57 Å². The van der Waals surface area contributed by atoms with Gasteiger partial charge < -0.3 is 20.7 Å². The van der Waals surface area contributed by atoms with Crippen molar-refractivity contribution in [2.75, 3.05) is 5.32 Å². The Hall–Kier alpha value is -2.90. The van der Waals surface area contributed by atoms with Gasteiger partial charge in [-0.1, -0.05) is 29.8 Å². The molecule has 6 nitrogen and oxygen atoms in total. The summed E-state index contributed by atoms with van der Waals surface area (Å²) >= 11 is 6.14. The Balaban J connectivity index is 1.88. The minimum absolute atomic E-state index is 0.0676. The first-order valence-corrected chi connectivity index (χ1v) is 8.47. The van der Waals surface area contributed by atoms with Gasteiger partial charge in [0, 0.05) is 30.6 Å². The van der Waals surface area contributed by atoms with E-state index in [0.29, 0.717) is 5.56 Å². The Morgan fingerprint density at radius 1 is 1.33 bits per heavy atom. The van der Waals surface area contributed by atoms with Crippen molar-refractivity contribution in [1.29, 1.82) is 0 Å². The molecule has 0 unspecified atom stereocenters. The molecule has 3 aromatic rings. The molecule has 3 rings (SSSR count). The van der Waals surface area contributed by atoms with Gasteiger partial charge in [-0.05, 0) is 23.8 Å². The number of nitrogens with one attached hydrogen (secondary N) is 1. The largest absolute Gasteiger partial charge is 0.480 e. The van der Waals surface area contributed by atoms with Crippen LogP contribution in [0, 0.1) is 5.82 Å². The van der Waals surface area contributed by atoms with Crippen molar-refractivity contribution in [3.05, 3.63) is 64.6 Å². The van der Waals surface area contributed by atoms with E-state index in [4.69, 9.17) is 22.4 Å². The number of benzene rings is 2. The van der Waals surface area contributed by atoms with Gasteiger partial charge in [0.2, 0.25) is 0 Å². The highest BCUT2D eigenvalue weighted by Gasteiger charge is 2.19. The topological polar surface area (TPSA) is 97.4 Å². The van der Waals surface area contributed by atoms with Crippen LogP contribution in [0.25, 0.3) is 10.9 Å². The Morgan fingerprint density at radius 2 is 2.04 bits per heavy atom. The number of carbonyl (C=O) groups is 2. The fourth-order valence-corrected chi connectivity index (χ4v) is 3.11. The number of rotatable bonds is 5. The molecule has 0 spiro atoms. The van der Waals surface area contributed by atoms with Crippen LogP contribution in [-0.2, 0) is 18.3 Å². The van der Waals surface area contributed by atoms with Gasteiger partial charge >= 0.3 is 5.97 Å². The van der Waals surface area contributed by atoms with E-state index in [1.807, 2.05) is 35.9 Å². The second-order valence-corrected chi connectivity index (χ2v) is 6.60. The van der Waals surface area contributed by atoms with Crippen molar-refractivity contribution in [3.63, 3.8) is 0 Å². The zero-order valence-electron chi connectivity index (χ0n) is 14.4. The monoisotopic (exact) mass is 389 g/mol. The zero-order valence-corrected chi connectivity index (χ0v) is 15.1. The average Bonchev–Trinajstić information content (AvgIpc) is 2.96. The highest BCUT2D eigenvalue weighted by Crippen LogP contribution is 2.28. The first-order valence-electron chi connectivity index (χ1n) is 8.09. The van der Waals surface area contributed by atoms with Gasteiger partial charge in [-0.2, -0.15) is 0 Å². The van der Waals surface area contributed by atoms with Crippen molar-refractivity contribution in [2.24, 2.45) is 12.8 Å². The molecule has 1 aromatic heterocycles. The van der Waals surface area contributed by atoms with E-state index < -0.39 is 23.7 Å². The number of carbonyl (C=O) groups excluding carboxylic acids is 1. The molecule has 1 atom stereocenters. The third kappa shape index (κ3) is 3.79. The lowest BCUT2D eigenvalue weighted by atomic mass is 10.1. The third-order valence-electron chi connectivity index (χ3n) is 4.28. The first kappa shape index (κ1) is 18.9. The van der Waals surface area contributed by atoms with E-state index in [9.17, 15) is 14.0 Å². The van der Waals surface area contributed by atoms with Crippen LogP contribution in [-0.4, -0.2) is 27.6 Å². The van der Waals surface area contributed by atoms with E-state index in [0.717, 1.165) is 17.0 Å². The number of hydrogen-bond acceptors (Lipinski definition) is 3. The van der Waals surface area contributed by atoms with Gasteiger partial charge in [-0.15, -0.1) is 0 Å². The van der Waals surface area contributed by atoms with Gasteiger partial charge in [0.25, 0.3) is 5.91 Å². The van der Waals surface area contributed by atoms with Crippen LogP contribution < -0.4 is 11.1 Å². The molecule has 140 valence electrons. The molecule has 8 heteroatoms. The smallest absolute Gasteiger partial charge is 0.320 e. The number of nitrogens with zero attached hydrogens (tertiary/aromatic N) is 1. The van der Waals surface area contributed by atoms with E-state index in [-0.39, 0.29) is 22.7 Å². The maximum absolute atomic E-state index is 14.3. The fourth-order valence-electron chi connectivity index (χ4n) is 2.88. The fraction of sp³-hybridized carbons (Fsp3) is 0.158. The lowest BCUT2D eigenvalue weighted by Crippen LogP contribution is -2.32. The van der Waals surface area contributed by atoms with E-state index in [2.05, 4.69) is 5.32 Å². The summed E-state index contributed by atoms with van der Waals surface area (Å²) < 4.78 is 16.1. The van der Waals surface area contributed by atoms with Gasteiger partial charge in [-0.25, -0.2) is 4.39 Å². The molecular formula is C19H17ClFN3O3. The molecule has 1 heterocycles. The van der Waals surface area contributed by atoms with Crippen LogP contribution >= 0.6 is 11.6 Å². The van der Waals surface area contributed by atoms with Crippen molar-refractivity contribution >= 4 is 40.1 Å². The molecule has 0 saturated heterocycles. The zero-order chi connectivity index (χ0) is 19.7. The number of carboxylic acid groups (broad SMARTS) is 1. The van der Waals surface area contributed by atoms with E-state index in [1.54, 1.807) is 6.20 Å². The Morgan fingerprint density at radius 3 is 2.74 bits per heavy atom. The van der Waals surface area contributed by atoms with E-state index >= 15 is 0 Å². The number of nitrogens with two attached hydrogens (primary N) is 1. The highest BCUT2D eigenvalue weighted by atomic mass is 35.5. The summed E-state index contributed by atoms with van der Waals surface area (Å²) in [6, 6.07) is 8.51. The molecule has 0 saturated carbocycles. The summed E-state index contributed by atoms with van der Waals surface area (Å²) in [5, 5.41) is 12.3. The molecule has 0 aliphatic carbocycles. The molecule has 2 aromatic carbocycles. The summed E-state index contributed by atoms with van der Waals surface area (Å²) in [5.41, 5.74) is 6.92. The minimum Gasteiger partial charge on any atom is -0.480 e. The molecule has 0 bridgehead atoms. The maximum atomic E-state index is 14.3. The lowest BCUT2D eigenvalue weighted by molar-refractivity contribution is -0.138. The number of halogens is 2. The second kappa shape index (κ2) is 7.38. The summed E-state index contributed by atoms with van der Waals surface area (Å²) in [4.78, 5) is 23.5. The van der Waals surface area contributed by atoms with Crippen LogP contribution in [0.3, 0.4) is 0 Å². The SMILES string of the molecule is Cn1cc(C(=O)Nc2cc(F)c(C[C@H](N)C(=O)O)cc2Cl)c2ccccc21. The van der Waals surface area contributed by atoms with Gasteiger partial charge in [-0.3, -0.25) is 9.59 Å². The van der Waals surface area contributed by atoms with Gasteiger partial charge in [0.05, 0.1) is 16.3 Å². The van der Waals surface area contributed by atoms with Gasteiger partial charge in [0.1, 0.15) is 11.9 Å². The number of aromatic nitrogens is 1. The molecular weight excluding hydrogens is 373 g/mol. The quantitative estimate of drug-likeness (QED) is 0.624. The molecule has 1 amide bonds. The predicted octanol–water partition coefficient (Wildman–Crippen LogP) is 3.18. The lowest BCUT2D eigenvalue weighted by Gasteiger charge is -2.12. The summed E-state index contributed by atoms with van der Waals surface area (Å²) in [5.74, 6) is -2.36. The molecule has 0 radical (unpaired) electrons. The summed E-state index contributed by atoms with van der Waals surface area (Å²) in [6.07, 6.45) is 1.48.